The fourth-order valence-electron chi connectivity index (χ4n) is 6.69. The molecule has 0 unspecified atom stereocenters. The lowest BCUT2D eigenvalue weighted by Gasteiger charge is -2.52. The Balaban J connectivity index is 1.49. The third-order valence-electron chi connectivity index (χ3n) is 7.93. The Morgan fingerprint density at radius 3 is 2.68 bits per heavy atom. The number of hydrogen-bond acceptors (Lipinski definition) is 3. The van der Waals surface area contributed by atoms with Gasteiger partial charge in [0.05, 0.1) is 13.2 Å². The summed E-state index contributed by atoms with van der Waals surface area (Å²) in [5.41, 5.74) is 3.96. The van der Waals surface area contributed by atoms with Crippen molar-refractivity contribution < 1.29 is 14.3 Å². The number of fused-ring (bicyclic) bond motifs is 6. The van der Waals surface area contributed by atoms with Crippen LogP contribution in [0.3, 0.4) is 0 Å². The molecule has 4 aliphatic rings. The molecule has 3 heteroatoms. The molecule has 134 valence electrons. The third kappa shape index (κ3) is 2.09. The molecule has 0 amide bonds. The van der Waals surface area contributed by atoms with Crippen LogP contribution in [0.25, 0.3) is 0 Å². The first-order chi connectivity index (χ1) is 12.0. The van der Waals surface area contributed by atoms with Crippen molar-refractivity contribution in [3.8, 4) is 0 Å². The van der Waals surface area contributed by atoms with Gasteiger partial charge in [0.1, 0.15) is 0 Å². The van der Waals surface area contributed by atoms with Gasteiger partial charge in [-0.15, -0.1) is 0 Å². The van der Waals surface area contributed by atoms with E-state index in [-0.39, 0.29) is 17.0 Å². The molecular formula is C22H28O3. The van der Waals surface area contributed by atoms with Gasteiger partial charge in [-0.2, -0.15) is 0 Å². The van der Waals surface area contributed by atoms with Crippen LogP contribution in [0.15, 0.2) is 18.2 Å². The van der Waals surface area contributed by atoms with E-state index in [4.69, 9.17) is 9.47 Å². The molecule has 3 fully saturated rings. The van der Waals surface area contributed by atoms with E-state index < -0.39 is 0 Å². The van der Waals surface area contributed by atoms with Gasteiger partial charge in [0.25, 0.3) is 0 Å². The maximum Gasteiger partial charge on any atom is 0.174 e. The Morgan fingerprint density at radius 1 is 1.12 bits per heavy atom. The summed E-state index contributed by atoms with van der Waals surface area (Å²) in [5.74, 6) is 1.96. The van der Waals surface area contributed by atoms with Crippen LogP contribution < -0.4 is 0 Å². The molecule has 0 radical (unpaired) electrons. The minimum absolute atomic E-state index is 0.168. The van der Waals surface area contributed by atoms with E-state index in [0.29, 0.717) is 11.8 Å². The lowest BCUT2D eigenvalue weighted by Crippen LogP contribution is -2.51. The number of benzene rings is 1. The number of carbonyl (C=O) groups is 1. The van der Waals surface area contributed by atoms with E-state index in [1.54, 1.807) is 6.92 Å². The van der Waals surface area contributed by atoms with Crippen LogP contribution >= 0.6 is 0 Å². The molecule has 0 aromatic heterocycles. The SMILES string of the molecule is CC(=O)c1ccc2c(c1)CC[C@@H]1[C@@H]2CC[C@@]2(C)[C@H]1CCC21OCCO1. The van der Waals surface area contributed by atoms with Gasteiger partial charge < -0.3 is 9.47 Å². The molecule has 3 aliphatic carbocycles. The van der Waals surface area contributed by atoms with Crippen molar-refractivity contribution in [2.45, 2.75) is 64.1 Å². The minimum Gasteiger partial charge on any atom is -0.347 e. The standard InChI is InChI=1S/C22H28O3/c1-14(23)15-3-5-17-16(13-15)4-6-19-18(17)7-9-21(2)20(19)8-10-22(21)24-11-12-25-22/h3,5,13,18-20H,4,6-12H2,1-2H3/t18-,19-,20+,21+/m1/s1. The molecule has 1 aliphatic heterocycles. The van der Waals surface area contributed by atoms with E-state index in [1.807, 2.05) is 6.07 Å². The normalized spacial score (nSPS) is 38.2. The van der Waals surface area contributed by atoms with Crippen molar-refractivity contribution in [2.75, 3.05) is 13.2 Å². The number of Topliss-reactive ketones (excluding diaryl/α,β-unsaturated/α-hetero) is 1. The summed E-state index contributed by atoms with van der Waals surface area (Å²) < 4.78 is 12.4. The van der Waals surface area contributed by atoms with Gasteiger partial charge in [-0.05, 0) is 74.0 Å². The van der Waals surface area contributed by atoms with E-state index in [0.717, 1.165) is 37.5 Å². The fourth-order valence-corrected chi connectivity index (χ4v) is 6.69. The Morgan fingerprint density at radius 2 is 1.92 bits per heavy atom. The van der Waals surface area contributed by atoms with Crippen LogP contribution in [-0.2, 0) is 15.9 Å². The highest BCUT2D eigenvalue weighted by Gasteiger charge is 2.64. The third-order valence-corrected chi connectivity index (χ3v) is 7.93. The van der Waals surface area contributed by atoms with E-state index in [1.165, 1.54) is 36.8 Å². The van der Waals surface area contributed by atoms with Crippen LogP contribution in [0.4, 0.5) is 0 Å². The average Bonchev–Trinajstić information content (AvgIpc) is 3.21. The van der Waals surface area contributed by atoms with Crippen LogP contribution in [0.1, 0.15) is 73.4 Å². The van der Waals surface area contributed by atoms with Gasteiger partial charge in [-0.25, -0.2) is 0 Å². The highest BCUT2D eigenvalue weighted by molar-refractivity contribution is 5.94. The van der Waals surface area contributed by atoms with Crippen LogP contribution in [0, 0.1) is 17.3 Å². The van der Waals surface area contributed by atoms with Crippen molar-refractivity contribution >= 4 is 5.78 Å². The number of rotatable bonds is 1. The molecule has 0 bridgehead atoms. The lowest BCUT2D eigenvalue weighted by molar-refractivity contribution is -0.237. The minimum atomic E-state index is -0.304. The monoisotopic (exact) mass is 340 g/mol. The highest BCUT2D eigenvalue weighted by atomic mass is 16.7. The van der Waals surface area contributed by atoms with Gasteiger partial charge in [0, 0.05) is 17.4 Å². The second-order valence-electron chi connectivity index (χ2n) is 8.83. The Bertz CT molecular complexity index is 718. The molecule has 1 saturated heterocycles. The molecule has 1 spiro atoms. The number of carbonyl (C=O) groups excluding carboxylic acids is 1. The molecule has 1 heterocycles. The van der Waals surface area contributed by atoms with E-state index >= 15 is 0 Å². The summed E-state index contributed by atoms with van der Waals surface area (Å²) in [4.78, 5) is 11.7. The second-order valence-corrected chi connectivity index (χ2v) is 8.83. The van der Waals surface area contributed by atoms with Crippen molar-refractivity contribution in [1.82, 2.24) is 0 Å². The summed E-state index contributed by atoms with van der Waals surface area (Å²) in [5, 5.41) is 0. The summed E-state index contributed by atoms with van der Waals surface area (Å²) in [6, 6.07) is 6.44. The maximum absolute atomic E-state index is 11.7. The molecule has 1 aromatic carbocycles. The van der Waals surface area contributed by atoms with Gasteiger partial charge in [0.15, 0.2) is 11.6 Å². The average molecular weight is 340 g/mol. The zero-order valence-corrected chi connectivity index (χ0v) is 15.3. The first-order valence-electron chi connectivity index (χ1n) is 9.96. The first kappa shape index (κ1) is 16.0. The Kier molecular flexibility index (Phi) is 3.46. The van der Waals surface area contributed by atoms with Crippen molar-refractivity contribution in [1.29, 1.82) is 0 Å². The Labute approximate surface area is 150 Å². The summed E-state index contributed by atoms with van der Waals surface area (Å²) in [6.07, 6.45) is 7.06. The number of aryl methyl sites for hydroxylation is 1. The van der Waals surface area contributed by atoms with Crippen molar-refractivity contribution in [3.63, 3.8) is 0 Å². The van der Waals surface area contributed by atoms with Crippen LogP contribution in [0.2, 0.25) is 0 Å². The Hall–Kier alpha value is -1.19. The van der Waals surface area contributed by atoms with Gasteiger partial charge in [-0.1, -0.05) is 19.1 Å². The summed E-state index contributed by atoms with van der Waals surface area (Å²) in [6.45, 7) is 5.61. The topological polar surface area (TPSA) is 35.5 Å². The molecule has 25 heavy (non-hydrogen) atoms. The summed E-state index contributed by atoms with van der Waals surface area (Å²) >= 11 is 0. The van der Waals surface area contributed by atoms with E-state index in [2.05, 4.69) is 19.1 Å². The highest BCUT2D eigenvalue weighted by Crippen LogP contribution is 2.66. The fraction of sp³-hybridized carbons (Fsp3) is 0.682. The summed E-state index contributed by atoms with van der Waals surface area (Å²) in [7, 11) is 0. The zero-order chi connectivity index (χ0) is 17.2. The van der Waals surface area contributed by atoms with Crippen molar-refractivity contribution in [2.24, 2.45) is 17.3 Å². The molecule has 2 saturated carbocycles. The second kappa shape index (κ2) is 5.40. The number of hydrogen-bond donors (Lipinski definition) is 0. The molecule has 0 N–H and O–H groups in total. The van der Waals surface area contributed by atoms with Gasteiger partial charge in [0.2, 0.25) is 0 Å². The number of ketones is 1. The van der Waals surface area contributed by atoms with Gasteiger partial charge >= 0.3 is 0 Å². The molecule has 5 rings (SSSR count). The lowest BCUT2D eigenvalue weighted by atomic mass is 9.55. The van der Waals surface area contributed by atoms with Crippen LogP contribution in [-0.4, -0.2) is 24.8 Å². The molecule has 1 aromatic rings. The smallest absolute Gasteiger partial charge is 0.174 e. The first-order valence-corrected chi connectivity index (χ1v) is 9.96. The molecule has 3 nitrogen and oxygen atoms in total. The molecule has 4 atom stereocenters. The predicted octanol–water partition coefficient (Wildman–Crippen LogP) is 4.49. The van der Waals surface area contributed by atoms with Gasteiger partial charge in [-0.3, -0.25) is 4.79 Å². The van der Waals surface area contributed by atoms with E-state index in [9.17, 15) is 4.79 Å². The maximum atomic E-state index is 11.7. The van der Waals surface area contributed by atoms with Crippen LogP contribution in [0.5, 0.6) is 0 Å². The van der Waals surface area contributed by atoms with Crippen molar-refractivity contribution in [3.05, 3.63) is 34.9 Å². The largest absolute Gasteiger partial charge is 0.347 e. The quantitative estimate of drug-likeness (QED) is 0.707. The predicted molar refractivity (Wildman–Crippen MR) is 95.7 cm³/mol. The molecular weight excluding hydrogens is 312 g/mol. The number of ether oxygens (including phenoxy) is 2. The zero-order valence-electron chi connectivity index (χ0n) is 15.3.